The topological polar surface area (TPSA) is 55.8 Å². The van der Waals surface area contributed by atoms with Crippen LogP contribution in [0.15, 0.2) is 47.6 Å². The minimum Gasteiger partial charge on any atom is -0.357 e. The minimum absolute atomic E-state index is 0. The number of likely N-dealkylation sites (tertiary alicyclic amines) is 1. The predicted octanol–water partition coefficient (Wildman–Crippen LogP) is 3.76. The van der Waals surface area contributed by atoms with Crippen LogP contribution in [-0.4, -0.2) is 49.1 Å². The Kier molecular flexibility index (Phi) is 9.39. The minimum atomic E-state index is 0. The molecule has 0 aliphatic carbocycles. The van der Waals surface area contributed by atoms with Crippen LogP contribution in [0.4, 0.5) is 5.82 Å². The normalized spacial score (nSPS) is 16.9. The maximum absolute atomic E-state index is 4.63. The summed E-state index contributed by atoms with van der Waals surface area (Å²) in [5, 5.41) is 6.79. The van der Waals surface area contributed by atoms with E-state index in [-0.39, 0.29) is 24.0 Å². The summed E-state index contributed by atoms with van der Waals surface area (Å²) in [6.45, 7) is 7.27. The number of halogens is 1. The molecule has 2 aromatic rings. The van der Waals surface area contributed by atoms with Gasteiger partial charge < -0.3 is 15.5 Å². The van der Waals surface area contributed by atoms with Crippen LogP contribution in [0.5, 0.6) is 0 Å². The van der Waals surface area contributed by atoms with Gasteiger partial charge in [-0.05, 0) is 61.5 Å². The van der Waals surface area contributed by atoms with Gasteiger partial charge in [0.25, 0.3) is 0 Å². The smallest absolute Gasteiger partial charge is 0.191 e. The van der Waals surface area contributed by atoms with E-state index in [0.717, 1.165) is 43.5 Å². The number of nitrogens with zero attached hydrogens (tertiary/aromatic N) is 4. The van der Waals surface area contributed by atoms with Crippen molar-refractivity contribution in [3.8, 4) is 0 Å². The zero-order valence-corrected chi connectivity index (χ0v) is 20.8. The van der Waals surface area contributed by atoms with Crippen molar-refractivity contribution in [3.63, 3.8) is 0 Å². The highest BCUT2D eigenvalue weighted by molar-refractivity contribution is 14.0. The van der Waals surface area contributed by atoms with Crippen molar-refractivity contribution >= 4 is 35.8 Å². The van der Waals surface area contributed by atoms with Gasteiger partial charge in [0.1, 0.15) is 5.82 Å². The van der Waals surface area contributed by atoms with E-state index in [1.807, 2.05) is 13.2 Å². The molecular weight excluding hydrogens is 499 g/mol. The van der Waals surface area contributed by atoms with E-state index >= 15 is 0 Å². The molecule has 7 heteroatoms. The summed E-state index contributed by atoms with van der Waals surface area (Å²) >= 11 is 0. The van der Waals surface area contributed by atoms with Crippen molar-refractivity contribution in [2.75, 3.05) is 38.1 Å². The molecule has 0 atom stereocenters. The molecule has 0 radical (unpaired) electrons. The highest BCUT2D eigenvalue weighted by Gasteiger charge is 2.13. The molecule has 31 heavy (non-hydrogen) atoms. The van der Waals surface area contributed by atoms with Crippen molar-refractivity contribution in [1.29, 1.82) is 0 Å². The van der Waals surface area contributed by atoms with Crippen LogP contribution in [-0.2, 0) is 19.6 Å². The highest BCUT2D eigenvalue weighted by atomic mass is 127. The summed E-state index contributed by atoms with van der Waals surface area (Å²) in [6, 6.07) is 13.2. The van der Waals surface area contributed by atoms with Crippen molar-refractivity contribution < 1.29 is 0 Å². The number of hydrogen-bond acceptors (Lipinski definition) is 4. The quantitative estimate of drug-likeness (QED) is 0.322. The van der Waals surface area contributed by atoms with E-state index in [0.29, 0.717) is 6.54 Å². The third-order valence-electron chi connectivity index (χ3n) is 6.01. The monoisotopic (exact) mass is 534 g/mol. The number of aromatic nitrogens is 1. The van der Waals surface area contributed by atoms with Crippen LogP contribution in [0.2, 0.25) is 0 Å². The van der Waals surface area contributed by atoms with Crippen LogP contribution in [0.25, 0.3) is 0 Å². The number of hydrogen-bond donors (Lipinski definition) is 2. The molecule has 0 amide bonds. The van der Waals surface area contributed by atoms with Crippen molar-refractivity contribution in [1.82, 2.24) is 20.5 Å². The Morgan fingerprint density at radius 2 is 1.42 bits per heavy atom. The number of benzene rings is 1. The van der Waals surface area contributed by atoms with Gasteiger partial charge in [-0.1, -0.05) is 30.3 Å². The maximum atomic E-state index is 4.63. The molecule has 2 N–H and O–H groups in total. The molecule has 2 saturated heterocycles. The SMILES string of the molecule is CN=C(NCc1ccc(CN2CCCC2)cc1)NCc1ccc(N2CCCC2)nc1.I. The van der Waals surface area contributed by atoms with Gasteiger partial charge in [-0.3, -0.25) is 9.89 Å². The summed E-state index contributed by atoms with van der Waals surface area (Å²) in [5.74, 6) is 1.90. The lowest BCUT2D eigenvalue weighted by molar-refractivity contribution is 0.331. The molecule has 0 unspecified atom stereocenters. The Hall–Kier alpha value is -1.87. The fourth-order valence-electron chi connectivity index (χ4n) is 4.21. The molecule has 2 aliphatic heterocycles. The molecular formula is C24H35IN6. The fourth-order valence-corrected chi connectivity index (χ4v) is 4.21. The van der Waals surface area contributed by atoms with Gasteiger partial charge in [0, 0.05) is 46.0 Å². The second-order valence-corrected chi connectivity index (χ2v) is 8.30. The van der Waals surface area contributed by atoms with E-state index in [1.54, 1.807) is 0 Å². The van der Waals surface area contributed by atoms with Gasteiger partial charge in [0.15, 0.2) is 5.96 Å². The lowest BCUT2D eigenvalue weighted by Gasteiger charge is -2.17. The second-order valence-electron chi connectivity index (χ2n) is 8.30. The summed E-state index contributed by atoms with van der Waals surface area (Å²) < 4.78 is 0. The highest BCUT2D eigenvalue weighted by Crippen LogP contribution is 2.17. The molecule has 6 nitrogen and oxygen atoms in total. The van der Waals surface area contributed by atoms with Crippen molar-refractivity contribution in [2.24, 2.45) is 4.99 Å². The molecule has 2 fully saturated rings. The number of anilines is 1. The zero-order chi connectivity index (χ0) is 20.6. The van der Waals surface area contributed by atoms with Gasteiger partial charge in [-0.15, -0.1) is 24.0 Å². The van der Waals surface area contributed by atoms with Crippen LogP contribution in [0.3, 0.4) is 0 Å². The standard InChI is InChI=1S/C24H34N6.HI/c1-25-24(28-18-22-10-11-23(26-17-22)30-14-4-5-15-30)27-16-20-6-8-21(9-7-20)19-29-12-2-3-13-29;/h6-11,17H,2-5,12-16,18-19H2,1H3,(H2,25,27,28);1H. The largest absolute Gasteiger partial charge is 0.357 e. The summed E-state index contributed by atoms with van der Waals surface area (Å²) in [4.78, 5) is 13.9. The first-order chi connectivity index (χ1) is 14.8. The van der Waals surface area contributed by atoms with Crippen molar-refractivity contribution in [2.45, 2.75) is 45.3 Å². The summed E-state index contributed by atoms with van der Waals surface area (Å²) in [7, 11) is 1.81. The molecule has 1 aromatic carbocycles. The number of pyridine rings is 1. The Balaban J connectivity index is 0.00000272. The molecule has 4 rings (SSSR count). The van der Waals surface area contributed by atoms with E-state index < -0.39 is 0 Å². The van der Waals surface area contributed by atoms with Gasteiger partial charge in [0.2, 0.25) is 0 Å². The van der Waals surface area contributed by atoms with Crippen LogP contribution in [0, 0.1) is 0 Å². The van der Waals surface area contributed by atoms with Crippen LogP contribution in [0.1, 0.15) is 42.4 Å². The van der Waals surface area contributed by atoms with E-state index in [4.69, 9.17) is 0 Å². The third kappa shape index (κ3) is 7.07. The number of guanidine groups is 1. The molecule has 2 aliphatic rings. The maximum Gasteiger partial charge on any atom is 0.191 e. The van der Waals surface area contributed by atoms with E-state index in [9.17, 15) is 0 Å². The van der Waals surface area contributed by atoms with Gasteiger partial charge in [-0.2, -0.15) is 0 Å². The Morgan fingerprint density at radius 3 is 2.03 bits per heavy atom. The summed E-state index contributed by atoms with van der Waals surface area (Å²) in [6.07, 6.45) is 7.19. The number of rotatable bonds is 7. The lowest BCUT2D eigenvalue weighted by atomic mass is 10.1. The Bertz CT molecular complexity index is 809. The average molecular weight is 534 g/mol. The Labute approximate surface area is 203 Å². The predicted molar refractivity (Wildman–Crippen MR) is 139 cm³/mol. The number of nitrogens with one attached hydrogen (secondary N) is 2. The van der Waals surface area contributed by atoms with Gasteiger partial charge in [0.05, 0.1) is 0 Å². The third-order valence-corrected chi connectivity index (χ3v) is 6.01. The van der Waals surface area contributed by atoms with Gasteiger partial charge >= 0.3 is 0 Å². The zero-order valence-electron chi connectivity index (χ0n) is 18.5. The fraction of sp³-hybridized carbons (Fsp3) is 0.500. The van der Waals surface area contributed by atoms with Crippen LogP contribution >= 0.6 is 24.0 Å². The van der Waals surface area contributed by atoms with Crippen LogP contribution < -0.4 is 15.5 Å². The Morgan fingerprint density at radius 1 is 0.839 bits per heavy atom. The molecule has 168 valence electrons. The average Bonchev–Trinajstić information content (AvgIpc) is 3.50. The second kappa shape index (κ2) is 12.2. The van der Waals surface area contributed by atoms with E-state index in [1.165, 1.54) is 49.9 Å². The molecule has 0 bridgehead atoms. The first-order valence-corrected chi connectivity index (χ1v) is 11.2. The molecule has 0 saturated carbocycles. The first kappa shape index (κ1) is 23.8. The van der Waals surface area contributed by atoms with Gasteiger partial charge in [-0.25, -0.2) is 4.98 Å². The van der Waals surface area contributed by atoms with Crippen molar-refractivity contribution in [3.05, 3.63) is 59.3 Å². The lowest BCUT2D eigenvalue weighted by Crippen LogP contribution is -2.36. The first-order valence-electron chi connectivity index (χ1n) is 11.2. The number of aliphatic imine (C=N–C) groups is 1. The molecule has 0 spiro atoms. The molecule has 3 heterocycles. The summed E-state index contributed by atoms with van der Waals surface area (Å²) in [5.41, 5.74) is 3.82. The van der Waals surface area contributed by atoms with E-state index in [2.05, 4.69) is 66.8 Å². The molecule has 1 aromatic heterocycles.